The van der Waals surface area contributed by atoms with Gasteiger partial charge in [0.2, 0.25) is 11.8 Å². The van der Waals surface area contributed by atoms with Crippen LogP contribution in [0.1, 0.15) is 18.7 Å². The summed E-state index contributed by atoms with van der Waals surface area (Å²) in [6, 6.07) is 4.00. The maximum absolute atomic E-state index is 12.3. The van der Waals surface area contributed by atoms with E-state index in [1.165, 1.54) is 4.88 Å². The number of likely N-dealkylation sites (N-methyl/N-ethyl adjacent to an activating group) is 1. The zero-order valence-corrected chi connectivity index (χ0v) is 15.4. The van der Waals surface area contributed by atoms with E-state index in [0.717, 1.165) is 32.6 Å². The number of rotatable bonds is 8. The highest BCUT2D eigenvalue weighted by molar-refractivity contribution is 7.09. The number of amides is 2. The summed E-state index contributed by atoms with van der Waals surface area (Å²) in [5.41, 5.74) is 0. The molecule has 0 spiro atoms. The molecule has 134 valence electrons. The molecule has 1 saturated heterocycles. The predicted octanol–water partition coefficient (Wildman–Crippen LogP) is 0.549. The summed E-state index contributed by atoms with van der Waals surface area (Å²) in [5, 5.41) is 7.90. The van der Waals surface area contributed by atoms with E-state index in [4.69, 9.17) is 0 Å². The second-order valence-electron chi connectivity index (χ2n) is 6.06. The molecule has 0 radical (unpaired) electrons. The molecule has 1 unspecified atom stereocenters. The predicted molar refractivity (Wildman–Crippen MR) is 97.2 cm³/mol. The van der Waals surface area contributed by atoms with Crippen LogP contribution in [0.2, 0.25) is 0 Å². The fourth-order valence-electron chi connectivity index (χ4n) is 2.84. The smallest absolute Gasteiger partial charge is 0.237 e. The summed E-state index contributed by atoms with van der Waals surface area (Å²) < 4.78 is 0. The minimum absolute atomic E-state index is 0.0744. The molecule has 24 heavy (non-hydrogen) atoms. The Bertz CT molecular complexity index is 513. The molecule has 0 aromatic carbocycles. The zero-order chi connectivity index (χ0) is 17.4. The van der Waals surface area contributed by atoms with Gasteiger partial charge in [-0.25, -0.2) is 0 Å². The molecule has 1 atom stereocenters. The van der Waals surface area contributed by atoms with Crippen molar-refractivity contribution in [2.45, 2.75) is 26.3 Å². The third-order valence-electron chi connectivity index (χ3n) is 4.33. The van der Waals surface area contributed by atoms with Crippen molar-refractivity contribution in [3.05, 3.63) is 22.4 Å². The number of piperazine rings is 1. The third kappa shape index (κ3) is 5.89. The lowest BCUT2D eigenvalue weighted by Gasteiger charge is -2.37. The first-order chi connectivity index (χ1) is 11.6. The topological polar surface area (TPSA) is 64.7 Å². The van der Waals surface area contributed by atoms with Gasteiger partial charge in [-0.3, -0.25) is 19.4 Å². The fraction of sp³-hybridized carbons (Fsp3) is 0.647. The second kappa shape index (κ2) is 9.76. The van der Waals surface area contributed by atoms with Gasteiger partial charge in [0, 0.05) is 44.1 Å². The van der Waals surface area contributed by atoms with Crippen LogP contribution in [-0.4, -0.2) is 73.5 Å². The summed E-state index contributed by atoms with van der Waals surface area (Å²) in [5.74, 6) is 0.161. The van der Waals surface area contributed by atoms with Crippen LogP contribution in [0.4, 0.5) is 0 Å². The number of carbonyl (C=O) groups is 2. The quantitative estimate of drug-likeness (QED) is 0.717. The number of carbonyl (C=O) groups excluding carboxylic acids is 2. The summed E-state index contributed by atoms with van der Waals surface area (Å²) in [7, 11) is 0. The van der Waals surface area contributed by atoms with Crippen LogP contribution in [0.5, 0.6) is 0 Å². The van der Waals surface area contributed by atoms with Crippen molar-refractivity contribution in [1.29, 1.82) is 0 Å². The molecule has 0 aliphatic carbocycles. The SMILES string of the molecule is CCNC(=O)CN1CCN(C(C)C(=O)NCCc2cccs2)CC1. The van der Waals surface area contributed by atoms with Gasteiger partial charge in [-0.15, -0.1) is 11.3 Å². The Morgan fingerprint density at radius 3 is 2.62 bits per heavy atom. The van der Waals surface area contributed by atoms with Crippen molar-refractivity contribution in [2.75, 3.05) is 45.8 Å². The number of hydrogen-bond donors (Lipinski definition) is 2. The molecule has 6 nitrogen and oxygen atoms in total. The van der Waals surface area contributed by atoms with Gasteiger partial charge >= 0.3 is 0 Å². The summed E-state index contributed by atoms with van der Waals surface area (Å²) >= 11 is 1.72. The molecule has 2 heterocycles. The van der Waals surface area contributed by atoms with Gasteiger partial charge < -0.3 is 10.6 Å². The van der Waals surface area contributed by atoms with Gasteiger partial charge in [0.25, 0.3) is 0 Å². The average Bonchev–Trinajstić information content (AvgIpc) is 3.08. The maximum atomic E-state index is 12.3. The van der Waals surface area contributed by atoms with E-state index in [9.17, 15) is 9.59 Å². The Hall–Kier alpha value is -1.44. The van der Waals surface area contributed by atoms with Gasteiger partial charge in [0.05, 0.1) is 12.6 Å². The Balaban J connectivity index is 1.66. The highest BCUT2D eigenvalue weighted by atomic mass is 32.1. The van der Waals surface area contributed by atoms with Crippen LogP contribution in [0.25, 0.3) is 0 Å². The lowest BCUT2D eigenvalue weighted by Crippen LogP contribution is -2.55. The van der Waals surface area contributed by atoms with E-state index < -0.39 is 0 Å². The van der Waals surface area contributed by atoms with Gasteiger partial charge in [0.1, 0.15) is 0 Å². The highest BCUT2D eigenvalue weighted by Crippen LogP contribution is 2.09. The van der Waals surface area contributed by atoms with Crippen molar-refractivity contribution in [3.8, 4) is 0 Å². The third-order valence-corrected chi connectivity index (χ3v) is 5.26. The summed E-state index contributed by atoms with van der Waals surface area (Å²) in [6.07, 6.45) is 0.885. The van der Waals surface area contributed by atoms with Crippen LogP contribution in [-0.2, 0) is 16.0 Å². The molecule has 0 bridgehead atoms. The van der Waals surface area contributed by atoms with Crippen molar-refractivity contribution in [2.24, 2.45) is 0 Å². The molecule has 2 rings (SSSR count). The van der Waals surface area contributed by atoms with E-state index in [0.29, 0.717) is 19.6 Å². The van der Waals surface area contributed by atoms with E-state index in [2.05, 4.69) is 31.9 Å². The minimum atomic E-state index is -0.125. The van der Waals surface area contributed by atoms with Gasteiger partial charge in [0.15, 0.2) is 0 Å². The molecular weight excluding hydrogens is 324 g/mol. The van der Waals surface area contributed by atoms with Crippen molar-refractivity contribution in [1.82, 2.24) is 20.4 Å². The maximum Gasteiger partial charge on any atom is 0.237 e. The van der Waals surface area contributed by atoms with Crippen LogP contribution >= 0.6 is 11.3 Å². The number of nitrogens with one attached hydrogen (secondary N) is 2. The molecule has 1 fully saturated rings. The molecule has 0 saturated carbocycles. The molecule has 1 aliphatic heterocycles. The Kier molecular flexibility index (Phi) is 7.68. The van der Waals surface area contributed by atoms with E-state index >= 15 is 0 Å². The van der Waals surface area contributed by atoms with Crippen LogP contribution in [0, 0.1) is 0 Å². The van der Waals surface area contributed by atoms with Crippen LogP contribution < -0.4 is 10.6 Å². The summed E-state index contributed by atoms with van der Waals surface area (Å²) in [4.78, 5) is 29.5. The molecule has 2 amide bonds. The van der Waals surface area contributed by atoms with E-state index in [1.807, 2.05) is 19.9 Å². The van der Waals surface area contributed by atoms with Crippen molar-refractivity contribution >= 4 is 23.2 Å². The standard InChI is InChI=1S/C17H28N4O2S/c1-3-18-16(22)13-20-8-10-21(11-9-20)14(2)17(23)19-7-6-15-5-4-12-24-15/h4-5,12,14H,3,6-11,13H2,1-2H3,(H,18,22)(H,19,23). The van der Waals surface area contributed by atoms with Gasteiger partial charge in [-0.05, 0) is 31.7 Å². The first-order valence-corrected chi connectivity index (χ1v) is 9.51. The number of thiophene rings is 1. The minimum Gasteiger partial charge on any atom is -0.355 e. The van der Waals surface area contributed by atoms with Crippen molar-refractivity contribution in [3.63, 3.8) is 0 Å². The largest absolute Gasteiger partial charge is 0.355 e. The van der Waals surface area contributed by atoms with Gasteiger partial charge in [-0.1, -0.05) is 6.07 Å². The highest BCUT2D eigenvalue weighted by Gasteiger charge is 2.25. The average molecular weight is 353 g/mol. The Labute approximate surface area is 148 Å². The number of nitrogens with zero attached hydrogens (tertiary/aromatic N) is 2. The Morgan fingerprint density at radius 2 is 2.00 bits per heavy atom. The lowest BCUT2D eigenvalue weighted by molar-refractivity contribution is -0.127. The lowest BCUT2D eigenvalue weighted by atomic mass is 10.2. The van der Waals surface area contributed by atoms with Crippen molar-refractivity contribution < 1.29 is 9.59 Å². The monoisotopic (exact) mass is 352 g/mol. The fourth-order valence-corrected chi connectivity index (χ4v) is 3.55. The molecule has 1 aromatic heterocycles. The number of hydrogen-bond acceptors (Lipinski definition) is 5. The molecule has 7 heteroatoms. The van der Waals surface area contributed by atoms with Crippen LogP contribution in [0.15, 0.2) is 17.5 Å². The molecule has 1 aliphatic rings. The van der Waals surface area contributed by atoms with E-state index in [1.54, 1.807) is 11.3 Å². The molecule has 1 aromatic rings. The van der Waals surface area contributed by atoms with E-state index in [-0.39, 0.29) is 17.9 Å². The molecular formula is C17H28N4O2S. The Morgan fingerprint density at radius 1 is 1.25 bits per heavy atom. The normalized spacial score (nSPS) is 17.4. The first kappa shape index (κ1) is 18.9. The summed E-state index contributed by atoms with van der Waals surface area (Å²) in [6.45, 7) is 8.96. The second-order valence-corrected chi connectivity index (χ2v) is 7.09. The van der Waals surface area contributed by atoms with Crippen LogP contribution in [0.3, 0.4) is 0 Å². The first-order valence-electron chi connectivity index (χ1n) is 8.63. The zero-order valence-electron chi connectivity index (χ0n) is 14.6. The molecule has 2 N–H and O–H groups in total. The van der Waals surface area contributed by atoms with Gasteiger partial charge in [-0.2, -0.15) is 0 Å².